The van der Waals surface area contributed by atoms with Crippen molar-refractivity contribution >= 4 is 34.8 Å². The first kappa shape index (κ1) is 13.4. The fraction of sp³-hybridized carbons (Fsp3) is 0.0667. The Morgan fingerprint density at radius 3 is 2.91 bits per heavy atom. The summed E-state index contributed by atoms with van der Waals surface area (Å²) in [4.78, 5) is 4.23. The summed E-state index contributed by atoms with van der Waals surface area (Å²) in [7, 11) is 0. The highest BCUT2D eigenvalue weighted by Crippen LogP contribution is 2.35. The van der Waals surface area contributed by atoms with Gasteiger partial charge in [-0.1, -0.05) is 29.3 Å². The molecule has 1 atom stereocenters. The second kappa shape index (κ2) is 5.19. The second-order valence-corrected chi connectivity index (χ2v) is 5.67. The summed E-state index contributed by atoms with van der Waals surface area (Å²) in [6.07, 6.45) is 5.12. The molecule has 3 heterocycles. The van der Waals surface area contributed by atoms with E-state index >= 15 is 0 Å². The van der Waals surface area contributed by atoms with E-state index in [-0.39, 0.29) is 6.04 Å². The minimum absolute atomic E-state index is 0.191. The predicted octanol–water partition coefficient (Wildman–Crippen LogP) is 4.23. The molecular formula is C15H10Cl2N4O. The van der Waals surface area contributed by atoms with Crippen molar-refractivity contribution in [2.45, 2.75) is 6.04 Å². The molecule has 110 valence electrons. The van der Waals surface area contributed by atoms with Crippen LogP contribution in [0, 0.1) is 0 Å². The van der Waals surface area contributed by atoms with E-state index in [1.165, 1.54) is 6.33 Å². The smallest absolute Gasteiger partial charge is 0.226 e. The molecule has 1 N–H and O–H groups in total. The van der Waals surface area contributed by atoms with Gasteiger partial charge in [-0.3, -0.25) is 0 Å². The van der Waals surface area contributed by atoms with Crippen LogP contribution in [0.25, 0.3) is 5.70 Å². The average molecular weight is 333 g/mol. The maximum absolute atomic E-state index is 6.35. The predicted molar refractivity (Wildman–Crippen MR) is 84.9 cm³/mol. The Morgan fingerprint density at radius 1 is 1.23 bits per heavy atom. The number of fused-ring (bicyclic) bond motifs is 1. The highest BCUT2D eigenvalue weighted by atomic mass is 35.5. The maximum atomic E-state index is 6.35. The van der Waals surface area contributed by atoms with Crippen LogP contribution < -0.4 is 5.32 Å². The molecule has 1 aliphatic heterocycles. The van der Waals surface area contributed by atoms with Crippen LogP contribution in [0.1, 0.15) is 17.4 Å². The average Bonchev–Trinajstić information content (AvgIpc) is 3.18. The first-order valence-electron chi connectivity index (χ1n) is 6.59. The molecule has 1 aromatic carbocycles. The number of benzene rings is 1. The van der Waals surface area contributed by atoms with Crippen LogP contribution in [0.15, 0.2) is 53.4 Å². The minimum atomic E-state index is -0.191. The van der Waals surface area contributed by atoms with Crippen molar-refractivity contribution in [3.05, 3.63) is 70.4 Å². The standard InChI is InChI=1S/C15H10Cl2N4O/c16-9-3-4-10(11(17)6-9)13-7-12(14-2-1-5-22-14)20-15-18-8-19-21(13)15/h1-8,13H,(H,18,19,20). The van der Waals surface area contributed by atoms with E-state index in [1.807, 2.05) is 30.3 Å². The van der Waals surface area contributed by atoms with Crippen molar-refractivity contribution in [1.29, 1.82) is 0 Å². The fourth-order valence-corrected chi connectivity index (χ4v) is 2.99. The number of rotatable bonds is 2. The van der Waals surface area contributed by atoms with E-state index in [4.69, 9.17) is 27.6 Å². The van der Waals surface area contributed by atoms with Crippen molar-refractivity contribution in [2.24, 2.45) is 0 Å². The molecule has 3 aromatic rings. The van der Waals surface area contributed by atoms with Gasteiger partial charge in [-0.2, -0.15) is 10.1 Å². The topological polar surface area (TPSA) is 55.9 Å². The number of halogens is 2. The fourth-order valence-electron chi connectivity index (χ4n) is 2.47. The third-order valence-corrected chi connectivity index (χ3v) is 4.04. The molecule has 1 aliphatic rings. The number of hydrogen-bond donors (Lipinski definition) is 1. The number of anilines is 1. The van der Waals surface area contributed by atoms with E-state index in [9.17, 15) is 0 Å². The van der Waals surface area contributed by atoms with Crippen molar-refractivity contribution in [3.63, 3.8) is 0 Å². The Labute approximate surface area is 136 Å². The summed E-state index contributed by atoms with van der Waals surface area (Å²) in [5, 5.41) is 8.64. The molecule has 4 rings (SSSR count). The minimum Gasteiger partial charge on any atom is -0.463 e. The van der Waals surface area contributed by atoms with Gasteiger partial charge in [0.2, 0.25) is 5.95 Å². The lowest BCUT2D eigenvalue weighted by Gasteiger charge is -2.24. The van der Waals surface area contributed by atoms with Crippen LogP contribution in [0.5, 0.6) is 0 Å². The van der Waals surface area contributed by atoms with Gasteiger partial charge < -0.3 is 9.73 Å². The number of furan rings is 1. The van der Waals surface area contributed by atoms with Gasteiger partial charge in [0.05, 0.1) is 12.0 Å². The van der Waals surface area contributed by atoms with Crippen molar-refractivity contribution < 1.29 is 4.42 Å². The SMILES string of the molecule is Clc1ccc(C2C=C(c3ccco3)Nc3ncnn32)c(Cl)c1. The zero-order valence-corrected chi connectivity index (χ0v) is 12.7. The lowest BCUT2D eigenvalue weighted by atomic mass is 10.0. The first-order valence-corrected chi connectivity index (χ1v) is 7.35. The molecule has 0 amide bonds. The van der Waals surface area contributed by atoms with Crippen LogP contribution >= 0.6 is 23.2 Å². The Bertz CT molecular complexity index is 854. The Kier molecular flexibility index (Phi) is 3.17. The van der Waals surface area contributed by atoms with Gasteiger partial charge in [0.1, 0.15) is 18.1 Å². The van der Waals surface area contributed by atoms with Crippen molar-refractivity contribution in [2.75, 3.05) is 5.32 Å². The van der Waals surface area contributed by atoms with Gasteiger partial charge >= 0.3 is 0 Å². The van der Waals surface area contributed by atoms with E-state index in [0.29, 0.717) is 16.0 Å². The molecule has 7 heteroatoms. The van der Waals surface area contributed by atoms with E-state index in [2.05, 4.69) is 15.4 Å². The van der Waals surface area contributed by atoms with Gasteiger partial charge in [0.15, 0.2) is 0 Å². The molecular weight excluding hydrogens is 323 g/mol. The summed E-state index contributed by atoms with van der Waals surface area (Å²) >= 11 is 12.3. The number of hydrogen-bond acceptors (Lipinski definition) is 4. The summed E-state index contributed by atoms with van der Waals surface area (Å²) in [5.41, 5.74) is 1.71. The first-order chi connectivity index (χ1) is 10.7. The molecule has 0 bridgehead atoms. The van der Waals surface area contributed by atoms with Crippen molar-refractivity contribution in [3.8, 4) is 0 Å². The molecule has 2 aromatic heterocycles. The van der Waals surface area contributed by atoms with Gasteiger partial charge in [0.25, 0.3) is 0 Å². The number of allylic oxidation sites excluding steroid dienone is 1. The molecule has 0 saturated heterocycles. The van der Waals surface area contributed by atoms with Gasteiger partial charge in [-0.15, -0.1) is 0 Å². The van der Waals surface area contributed by atoms with E-state index < -0.39 is 0 Å². The number of aromatic nitrogens is 3. The summed E-state index contributed by atoms with van der Waals surface area (Å²) in [6, 6.07) is 8.94. The van der Waals surface area contributed by atoms with Gasteiger partial charge in [0, 0.05) is 10.0 Å². The van der Waals surface area contributed by atoms with E-state index in [1.54, 1.807) is 17.0 Å². The Hall–Kier alpha value is -2.24. The van der Waals surface area contributed by atoms with Crippen molar-refractivity contribution in [1.82, 2.24) is 14.8 Å². The third kappa shape index (κ3) is 2.19. The largest absolute Gasteiger partial charge is 0.463 e. The van der Waals surface area contributed by atoms with Crippen LogP contribution in [0.2, 0.25) is 10.0 Å². The molecule has 0 spiro atoms. The Balaban J connectivity index is 1.86. The zero-order valence-electron chi connectivity index (χ0n) is 11.2. The summed E-state index contributed by atoms with van der Waals surface area (Å²) in [5.74, 6) is 1.36. The summed E-state index contributed by atoms with van der Waals surface area (Å²) in [6.45, 7) is 0. The third-order valence-electron chi connectivity index (χ3n) is 3.48. The molecule has 0 saturated carbocycles. The zero-order chi connectivity index (χ0) is 15.1. The molecule has 0 radical (unpaired) electrons. The van der Waals surface area contributed by atoms with Gasteiger partial charge in [-0.25, -0.2) is 4.68 Å². The monoisotopic (exact) mass is 332 g/mol. The van der Waals surface area contributed by atoms with Crippen LogP contribution in [0.3, 0.4) is 0 Å². The maximum Gasteiger partial charge on any atom is 0.226 e. The number of nitrogens with one attached hydrogen (secondary N) is 1. The summed E-state index contributed by atoms with van der Waals surface area (Å²) < 4.78 is 7.22. The van der Waals surface area contributed by atoms with Gasteiger partial charge in [-0.05, 0) is 35.9 Å². The molecule has 0 aliphatic carbocycles. The quantitative estimate of drug-likeness (QED) is 0.762. The molecule has 1 unspecified atom stereocenters. The normalized spacial score (nSPS) is 16.8. The number of nitrogens with zero attached hydrogens (tertiary/aromatic N) is 3. The second-order valence-electron chi connectivity index (χ2n) is 4.82. The van der Waals surface area contributed by atoms with Crippen LogP contribution in [0.4, 0.5) is 5.95 Å². The lowest BCUT2D eigenvalue weighted by Crippen LogP contribution is -2.20. The Morgan fingerprint density at radius 2 is 2.14 bits per heavy atom. The molecule has 0 fully saturated rings. The highest BCUT2D eigenvalue weighted by Gasteiger charge is 2.25. The van der Waals surface area contributed by atoms with Crippen LogP contribution in [-0.2, 0) is 0 Å². The molecule has 22 heavy (non-hydrogen) atoms. The van der Waals surface area contributed by atoms with Crippen LogP contribution in [-0.4, -0.2) is 14.8 Å². The lowest BCUT2D eigenvalue weighted by molar-refractivity contribution is 0.547. The molecule has 5 nitrogen and oxygen atoms in total. The van der Waals surface area contributed by atoms with E-state index in [0.717, 1.165) is 17.0 Å². The highest BCUT2D eigenvalue weighted by molar-refractivity contribution is 6.35.